The van der Waals surface area contributed by atoms with Crippen molar-refractivity contribution >= 4 is 39.2 Å². The lowest BCUT2D eigenvalue weighted by Crippen LogP contribution is -2.09. The molecule has 0 aliphatic heterocycles. The molecule has 0 aliphatic rings. The molecule has 1 atom stereocenters. The van der Waals surface area contributed by atoms with Gasteiger partial charge in [-0.05, 0) is 59.8 Å². The number of H-pyrrole nitrogens is 1. The molecule has 10 heteroatoms. The van der Waals surface area contributed by atoms with E-state index in [1.807, 2.05) is 13.0 Å². The van der Waals surface area contributed by atoms with Crippen LogP contribution in [0, 0.1) is 12.7 Å². The largest absolute Gasteiger partial charge is 0.496 e. The van der Waals surface area contributed by atoms with E-state index in [0.717, 1.165) is 5.56 Å². The van der Waals surface area contributed by atoms with Crippen molar-refractivity contribution in [2.75, 3.05) is 11.8 Å². The number of aromatic amines is 1. The highest BCUT2D eigenvalue weighted by molar-refractivity contribution is 7.86. The first-order valence-corrected chi connectivity index (χ1v) is 12.3. The van der Waals surface area contributed by atoms with Crippen LogP contribution in [0.1, 0.15) is 5.56 Å². The normalized spacial score (nSPS) is 12.0. The first-order valence-electron chi connectivity index (χ1n) is 10.7. The zero-order valence-corrected chi connectivity index (χ0v) is 20.7. The molecule has 1 unspecified atom stereocenters. The molecule has 36 heavy (non-hydrogen) atoms. The zero-order valence-electron chi connectivity index (χ0n) is 19.1. The third-order valence-corrected chi connectivity index (χ3v) is 7.27. The lowest BCUT2D eigenvalue weighted by molar-refractivity contribution is 0.415. The van der Waals surface area contributed by atoms with Gasteiger partial charge in [0.1, 0.15) is 17.8 Å². The molecule has 3 aromatic carbocycles. The van der Waals surface area contributed by atoms with Crippen molar-refractivity contribution in [3.05, 3.63) is 93.8 Å². The molecule has 0 spiro atoms. The summed E-state index contributed by atoms with van der Waals surface area (Å²) < 4.78 is 41.1. The Labute approximate surface area is 212 Å². The molecule has 0 bridgehead atoms. The minimum absolute atomic E-state index is 0.292. The number of halogens is 2. The fourth-order valence-electron chi connectivity index (χ4n) is 3.96. The number of methoxy groups -OCH3 is 1. The molecule has 5 aromatic rings. The third kappa shape index (κ3) is 4.38. The number of hydrogen-bond acceptors (Lipinski definition) is 5. The van der Waals surface area contributed by atoms with Gasteiger partial charge < -0.3 is 14.2 Å². The molecule has 0 amide bonds. The molecule has 2 heterocycles. The fraction of sp³-hybridized carbons (Fsp3) is 0.0769. The number of ether oxygens (including phenoxy) is 1. The Morgan fingerprint density at radius 1 is 1.06 bits per heavy atom. The summed E-state index contributed by atoms with van der Waals surface area (Å²) in [6.07, 6.45) is 2.86. The van der Waals surface area contributed by atoms with Crippen LogP contribution in [0.5, 0.6) is 5.75 Å². The predicted octanol–water partition coefficient (Wildman–Crippen LogP) is 6.09. The summed E-state index contributed by atoms with van der Waals surface area (Å²) in [5.41, 5.74) is 2.50. The quantitative estimate of drug-likeness (QED) is 0.280. The Balaban J connectivity index is 1.61. The summed E-state index contributed by atoms with van der Waals surface area (Å²) in [7, 11) is -0.187. The molecule has 2 aromatic heterocycles. The summed E-state index contributed by atoms with van der Waals surface area (Å²) >= 11 is 6.13. The molecular formula is C26H19ClFN3O4S. The van der Waals surface area contributed by atoms with E-state index < -0.39 is 16.8 Å². The average molecular weight is 524 g/mol. The highest BCUT2D eigenvalue weighted by Crippen LogP contribution is 2.39. The summed E-state index contributed by atoms with van der Waals surface area (Å²) in [6.45, 7) is 1.85. The van der Waals surface area contributed by atoms with Crippen molar-refractivity contribution in [1.82, 2.24) is 10.1 Å². The average Bonchev–Trinajstić information content (AvgIpc) is 3.39. The summed E-state index contributed by atoms with van der Waals surface area (Å²) in [4.78, 5) is 15.7. The Hall–Kier alpha value is -3.95. The van der Waals surface area contributed by atoms with Gasteiger partial charge in [-0.3, -0.25) is 9.52 Å². The topological polar surface area (TPSA) is 97.2 Å². The van der Waals surface area contributed by atoms with Gasteiger partial charge in [0, 0.05) is 39.4 Å². The maximum absolute atomic E-state index is 15.4. The van der Waals surface area contributed by atoms with Crippen molar-refractivity contribution in [3.8, 4) is 28.0 Å². The minimum Gasteiger partial charge on any atom is -0.496 e. The van der Waals surface area contributed by atoms with E-state index in [1.165, 1.54) is 37.8 Å². The molecule has 182 valence electrons. The smallest absolute Gasteiger partial charge is 0.255 e. The van der Waals surface area contributed by atoms with E-state index >= 15 is 4.39 Å². The van der Waals surface area contributed by atoms with E-state index in [-0.39, 0.29) is 5.56 Å². The molecule has 7 nitrogen and oxygen atoms in total. The highest BCUT2D eigenvalue weighted by Gasteiger charge is 2.18. The number of nitrogens with one attached hydrogen (secondary N) is 2. The highest BCUT2D eigenvalue weighted by atomic mass is 35.5. The van der Waals surface area contributed by atoms with Crippen LogP contribution in [-0.2, 0) is 11.0 Å². The van der Waals surface area contributed by atoms with Crippen LogP contribution in [0.25, 0.3) is 33.0 Å². The zero-order chi connectivity index (χ0) is 25.4. The van der Waals surface area contributed by atoms with Gasteiger partial charge in [-0.1, -0.05) is 28.9 Å². The van der Waals surface area contributed by atoms with Crippen molar-refractivity contribution in [2.24, 2.45) is 0 Å². The fourth-order valence-corrected chi connectivity index (χ4v) is 4.91. The van der Waals surface area contributed by atoms with Crippen LogP contribution in [0.15, 0.2) is 81.3 Å². The molecule has 2 N–H and O–H groups in total. The summed E-state index contributed by atoms with van der Waals surface area (Å²) in [5.74, 6) is 0.265. The lowest BCUT2D eigenvalue weighted by Gasteiger charge is -2.15. The van der Waals surface area contributed by atoms with E-state index in [2.05, 4.69) is 14.9 Å². The monoisotopic (exact) mass is 523 g/mol. The SMILES string of the molecule is COc1cc(-c2ccc(Cl)c(C)c2)c(F)cc1-c1c[nH]c(=O)c2cc(S(=O)Nc3ccon3)ccc12. The summed E-state index contributed by atoms with van der Waals surface area (Å²) in [6, 6.07) is 14.6. The number of aryl methyl sites for hydroxylation is 1. The Bertz CT molecular complexity index is 1690. The van der Waals surface area contributed by atoms with Crippen LogP contribution in [0.2, 0.25) is 5.02 Å². The van der Waals surface area contributed by atoms with Crippen molar-refractivity contribution in [2.45, 2.75) is 11.8 Å². The van der Waals surface area contributed by atoms with Crippen LogP contribution in [0.4, 0.5) is 10.2 Å². The van der Waals surface area contributed by atoms with E-state index in [9.17, 15) is 9.00 Å². The van der Waals surface area contributed by atoms with Gasteiger partial charge in [0.05, 0.1) is 12.0 Å². The van der Waals surface area contributed by atoms with Crippen LogP contribution >= 0.6 is 11.6 Å². The van der Waals surface area contributed by atoms with Gasteiger partial charge in [-0.25, -0.2) is 8.60 Å². The van der Waals surface area contributed by atoms with E-state index in [0.29, 0.717) is 54.5 Å². The van der Waals surface area contributed by atoms with Gasteiger partial charge in [0.2, 0.25) is 0 Å². The maximum Gasteiger partial charge on any atom is 0.255 e. The minimum atomic E-state index is -1.69. The number of rotatable bonds is 6. The standard InChI is InChI=1S/C26H19ClFN3O4S/c1-14-9-15(3-6-22(14)27)18-12-24(34-2)19(11-23(18)28)21-13-29-26(32)20-10-16(4-5-17(20)21)36(33)31-25-7-8-35-30-25/h3-13H,1-2H3,(H,29,32)(H,30,31). The Kier molecular flexibility index (Phi) is 6.34. The van der Waals surface area contributed by atoms with Crippen LogP contribution < -0.4 is 15.0 Å². The number of nitrogens with zero attached hydrogens (tertiary/aromatic N) is 1. The number of pyridine rings is 1. The van der Waals surface area contributed by atoms with Crippen molar-refractivity contribution < 1.29 is 17.9 Å². The van der Waals surface area contributed by atoms with Gasteiger partial charge >= 0.3 is 0 Å². The summed E-state index contributed by atoms with van der Waals surface area (Å²) in [5, 5.41) is 5.12. The number of fused-ring (bicyclic) bond motifs is 1. The molecule has 0 saturated heterocycles. The number of hydrogen-bond donors (Lipinski definition) is 2. The van der Waals surface area contributed by atoms with Crippen molar-refractivity contribution in [3.63, 3.8) is 0 Å². The first-order chi connectivity index (χ1) is 17.4. The molecule has 0 fully saturated rings. The molecule has 0 saturated carbocycles. The number of anilines is 1. The molecule has 5 rings (SSSR count). The van der Waals surface area contributed by atoms with Gasteiger partial charge in [-0.2, -0.15) is 0 Å². The lowest BCUT2D eigenvalue weighted by atomic mass is 9.95. The molecular weight excluding hydrogens is 505 g/mol. The van der Waals surface area contributed by atoms with Gasteiger partial charge in [0.25, 0.3) is 5.56 Å². The predicted molar refractivity (Wildman–Crippen MR) is 138 cm³/mol. The van der Waals surface area contributed by atoms with Gasteiger partial charge in [-0.15, -0.1) is 0 Å². The van der Waals surface area contributed by atoms with E-state index in [1.54, 1.807) is 30.3 Å². The third-order valence-electron chi connectivity index (χ3n) is 5.77. The van der Waals surface area contributed by atoms with Gasteiger partial charge in [0.15, 0.2) is 16.8 Å². The second-order valence-electron chi connectivity index (χ2n) is 7.99. The first kappa shape index (κ1) is 23.8. The second kappa shape index (κ2) is 9.60. The Morgan fingerprint density at radius 2 is 1.89 bits per heavy atom. The van der Waals surface area contributed by atoms with Crippen LogP contribution in [-0.4, -0.2) is 21.5 Å². The van der Waals surface area contributed by atoms with E-state index in [4.69, 9.17) is 20.9 Å². The number of aromatic nitrogens is 2. The van der Waals surface area contributed by atoms with Crippen LogP contribution in [0.3, 0.4) is 0 Å². The molecule has 0 aliphatic carbocycles. The maximum atomic E-state index is 15.4. The van der Waals surface area contributed by atoms with Crippen molar-refractivity contribution in [1.29, 1.82) is 0 Å². The second-order valence-corrected chi connectivity index (χ2v) is 9.61. The number of benzene rings is 3. The molecule has 0 radical (unpaired) electrons. The Morgan fingerprint density at radius 3 is 2.61 bits per heavy atom.